The van der Waals surface area contributed by atoms with Crippen LogP contribution in [0.4, 0.5) is 0 Å². The van der Waals surface area contributed by atoms with E-state index in [4.69, 9.17) is 13.9 Å². The van der Waals surface area contributed by atoms with Crippen LogP contribution in [0.2, 0.25) is 0 Å². The number of nitrogens with zero attached hydrogens (tertiary/aromatic N) is 2. The average Bonchev–Trinajstić information content (AvgIpc) is 3.36. The van der Waals surface area contributed by atoms with Crippen LogP contribution in [-0.2, 0) is 26.1 Å². The summed E-state index contributed by atoms with van der Waals surface area (Å²) in [5.41, 5.74) is 4.26. The van der Waals surface area contributed by atoms with Gasteiger partial charge in [0.05, 0.1) is 19.8 Å². The summed E-state index contributed by atoms with van der Waals surface area (Å²) in [5, 5.41) is 11.0. The van der Waals surface area contributed by atoms with Gasteiger partial charge in [0.15, 0.2) is 11.5 Å². The fourth-order valence-corrected chi connectivity index (χ4v) is 5.31. The van der Waals surface area contributed by atoms with Crippen molar-refractivity contribution in [1.82, 2.24) is 9.80 Å². The summed E-state index contributed by atoms with van der Waals surface area (Å²) in [7, 11) is 3.28. The van der Waals surface area contributed by atoms with Crippen molar-refractivity contribution in [1.29, 1.82) is 0 Å². The number of methoxy groups -OCH3 is 2. The number of likely N-dealkylation sites (tertiary alicyclic amines) is 1. The number of fused-ring (bicyclic) bond motifs is 1. The number of ether oxygens (including phenoxy) is 2. The van der Waals surface area contributed by atoms with Gasteiger partial charge in [0.2, 0.25) is 0 Å². The first-order valence-electron chi connectivity index (χ1n) is 12.1. The van der Waals surface area contributed by atoms with Gasteiger partial charge in [0.1, 0.15) is 12.0 Å². The van der Waals surface area contributed by atoms with Crippen molar-refractivity contribution in [2.75, 3.05) is 33.9 Å². The van der Waals surface area contributed by atoms with Gasteiger partial charge >= 0.3 is 5.63 Å². The van der Waals surface area contributed by atoms with Gasteiger partial charge in [-0.25, -0.2) is 4.79 Å². The molecule has 1 saturated heterocycles. The fourth-order valence-electron chi connectivity index (χ4n) is 5.31. The van der Waals surface area contributed by atoms with Crippen molar-refractivity contribution >= 4 is 0 Å². The molecule has 3 aromatic rings. The molecule has 1 fully saturated rings. The van der Waals surface area contributed by atoms with E-state index in [0.717, 1.165) is 38.2 Å². The Morgan fingerprint density at radius 1 is 1.00 bits per heavy atom. The molecule has 5 rings (SSSR count). The lowest BCUT2D eigenvalue weighted by Crippen LogP contribution is -2.30. The zero-order valence-corrected chi connectivity index (χ0v) is 20.3. The van der Waals surface area contributed by atoms with Crippen LogP contribution in [0.3, 0.4) is 0 Å². The molecule has 35 heavy (non-hydrogen) atoms. The third-order valence-electron chi connectivity index (χ3n) is 7.26. The van der Waals surface area contributed by atoms with Gasteiger partial charge in [-0.1, -0.05) is 30.3 Å². The number of benzene rings is 2. The molecule has 0 radical (unpaired) electrons. The lowest BCUT2D eigenvalue weighted by molar-refractivity contribution is 0.236. The van der Waals surface area contributed by atoms with E-state index in [1.54, 1.807) is 14.2 Å². The lowest BCUT2D eigenvalue weighted by Gasteiger charge is -2.29. The Labute approximate surface area is 205 Å². The predicted molar refractivity (Wildman–Crippen MR) is 133 cm³/mol. The van der Waals surface area contributed by atoms with Gasteiger partial charge in [-0.05, 0) is 54.1 Å². The standard InChI is InChI=1S/C28H32N2O5/c1-33-25-12-20-8-10-29(15-22(20)13-26(25)34-2)16-23-18-35-28(32)24(27(23)31)17-30-11-9-21(14-30)19-6-4-3-5-7-19/h3-7,12-13,18,21,31H,8-11,14-17H2,1-2H3/t21-/m1/s1. The van der Waals surface area contributed by atoms with E-state index in [9.17, 15) is 9.90 Å². The molecule has 0 bridgehead atoms. The Morgan fingerprint density at radius 2 is 1.74 bits per heavy atom. The van der Waals surface area contributed by atoms with Gasteiger partial charge in [0.25, 0.3) is 0 Å². The van der Waals surface area contributed by atoms with Crippen LogP contribution in [0.5, 0.6) is 17.2 Å². The summed E-state index contributed by atoms with van der Waals surface area (Å²) < 4.78 is 16.3. The molecule has 7 heteroatoms. The maximum Gasteiger partial charge on any atom is 0.343 e. The van der Waals surface area contributed by atoms with Crippen molar-refractivity contribution in [3.8, 4) is 17.2 Å². The van der Waals surface area contributed by atoms with E-state index in [2.05, 4.69) is 34.1 Å². The molecule has 0 amide bonds. The van der Waals surface area contributed by atoms with Crippen molar-refractivity contribution in [3.63, 3.8) is 0 Å². The van der Waals surface area contributed by atoms with Gasteiger partial charge < -0.3 is 19.0 Å². The van der Waals surface area contributed by atoms with Crippen LogP contribution in [0.25, 0.3) is 0 Å². The van der Waals surface area contributed by atoms with E-state index in [1.165, 1.54) is 23.0 Å². The molecule has 1 N–H and O–H groups in total. The third kappa shape index (κ3) is 4.92. The largest absolute Gasteiger partial charge is 0.507 e. The molecule has 0 saturated carbocycles. The number of hydrogen-bond donors (Lipinski definition) is 1. The summed E-state index contributed by atoms with van der Waals surface area (Å²) in [6.45, 7) is 4.20. The van der Waals surface area contributed by atoms with E-state index in [0.29, 0.717) is 42.4 Å². The second-order valence-electron chi connectivity index (χ2n) is 9.44. The van der Waals surface area contributed by atoms with Crippen molar-refractivity contribution in [3.05, 3.63) is 87.0 Å². The Bertz CT molecular complexity index is 1240. The topological polar surface area (TPSA) is 75.4 Å². The SMILES string of the molecule is COc1cc2c(cc1OC)CN(Cc1coc(=O)c(CN3CC[C@@H](c4ccccc4)C3)c1O)CC2. The highest BCUT2D eigenvalue weighted by Crippen LogP contribution is 2.34. The minimum atomic E-state index is -0.463. The highest BCUT2D eigenvalue weighted by molar-refractivity contribution is 5.48. The Kier molecular flexibility index (Phi) is 6.79. The maximum absolute atomic E-state index is 12.5. The molecule has 3 heterocycles. The highest BCUT2D eigenvalue weighted by Gasteiger charge is 2.27. The molecule has 2 aliphatic rings. The number of aromatic hydroxyl groups is 1. The Morgan fingerprint density at radius 3 is 2.49 bits per heavy atom. The predicted octanol–water partition coefficient (Wildman–Crippen LogP) is 3.91. The van der Waals surface area contributed by atoms with Crippen molar-refractivity contribution in [2.24, 2.45) is 0 Å². The van der Waals surface area contributed by atoms with Crippen LogP contribution >= 0.6 is 0 Å². The van der Waals surface area contributed by atoms with Gasteiger partial charge in [-0.3, -0.25) is 9.80 Å². The van der Waals surface area contributed by atoms with E-state index in [1.807, 2.05) is 18.2 Å². The first kappa shape index (κ1) is 23.5. The molecule has 0 unspecified atom stereocenters. The molecule has 1 aromatic heterocycles. The summed E-state index contributed by atoms with van der Waals surface area (Å²) in [5.74, 6) is 1.95. The summed E-state index contributed by atoms with van der Waals surface area (Å²) in [6, 6.07) is 14.5. The molecule has 0 aliphatic carbocycles. The second-order valence-corrected chi connectivity index (χ2v) is 9.44. The lowest BCUT2D eigenvalue weighted by atomic mass is 9.98. The van der Waals surface area contributed by atoms with Crippen LogP contribution in [0, 0.1) is 0 Å². The molecule has 2 aliphatic heterocycles. The Hall–Kier alpha value is -3.29. The van der Waals surface area contributed by atoms with Gasteiger partial charge in [-0.2, -0.15) is 0 Å². The quantitative estimate of drug-likeness (QED) is 0.554. The minimum absolute atomic E-state index is 0.0579. The van der Waals surface area contributed by atoms with E-state index >= 15 is 0 Å². The minimum Gasteiger partial charge on any atom is -0.507 e. The van der Waals surface area contributed by atoms with Crippen LogP contribution in [0.15, 0.2) is 57.9 Å². The van der Waals surface area contributed by atoms with E-state index in [-0.39, 0.29) is 5.75 Å². The number of hydrogen-bond acceptors (Lipinski definition) is 7. The molecular formula is C28H32N2O5. The van der Waals surface area contributed by atoms with Crippen molar-refractivity contribution in [2.45, 2.75) is 38.4 Å². The highest BCUT2D eigenvalue weighted by atomic mass is 16.5. The number of rotatable bonds is 7. The normalized spacial score (nSPS) is 18.4. The van der Waals surface area contributed by atoms with Gasteiger partial charge in [-0.15, -0.1) is 0 Å². The fraction of sp³-hybridized carbons (Fsp3) is 0.393. The monoisotopic (exact) mass is 476 g/mol. The van der Waals surface area contributed by atoms with Crippen LogP contribution in [0.1, 0.15) is 40.2 Å². The first-order valence-corrected chi connectivity index (χ1v) is 12.1. The van der Waals surface area contributed by atoms with E-state index < -0.39 is 5.63 Å². The summed E-state index contributed by atoms with van der Waals surface area (Å²) in [4.78, 5) is 17.0. The van der Waals surface area contributed by atoms with Gasteiger partial charge in [0, 0.05) is 38.3 Å². The molecular weight excluding hydrogens is 444 g/mol. The summed E-state index contributed by atoms with van der Waals surface area (Å²) >= 11 is 0. The molecule has 1 atom stereocenters. The van der Waals surface area contributed by atoms with Crippen LogP contribution in [-0.4, -0.2) is 48.8 Å². The third-order valence-corrected chi connectivity index (χ3v) is 7.26. The molecule has 184 valence electrons. The zero-order chi connectivity index (χ0) is 24.4. The molecule has 7 nitrogen and oxygen atoms in total. The average molecular weight is 477 g/mol. The summed E-state index contributed by atoms with van der Waals surface area (Å²) in [6.07, 6.45) is 3.31. The zero-order valence-electron chi connectivity index (χ0n) is 20.3. The molecule has 0 spiro atoms. The smallest absolute Gasteiger partial charge is 0.343 e. The van der Waals surface area contributed by atoms with Crippen molar-refractivity contribution < 1.29 is 19.0 Å². The first-order chi connectivity index (χ1) is 17.1. The maximum atomic E-state index is 12.5. The Balaban J connectivity index is 1.29. The second kappa shape index (κ2) is 10.1. The molecule has 2 aromatic carbocycles. The van der Waals surface area contributed by atoms with Crippen LogP contribution < -0.4 is 15.1 Å².